The highest BCUT2D eigenvalue weighted by molar-refractivity contribution is 6.09. The zero-order valence-electron chi connectivity index (χ0n) is 10.6. The van der Waals surface area contributed by atoms with Crippen LogP contribution in [0, 0.1) is 5.92 Å². The molecule has 1 unspecified atom stereocenters. The molecule has 0 bridgehead atoms. The summed E-state index contributed by atoms with van der Waals surface area (Å²) in [5.74, 6) is -1.11. The van der Waals surface area contributed by atoms with Crippen LogP contribution in [0.1, 0.15) is 13.8 Å². The van der Waals surface area contributed by atoms with Crippen molar-refractivity contribution in [2.24, 2.45) is 5.92 Å². The Kier molecular flexibility index (Phi) is 4.60. The van der Waals surface area contributed by atoms with E-state index in [1.807, 2.05) is 24.3 Å². The smallest absolute Gasteiger partial charge is 0.326 e. The molecule has 0 saturated carbocycles. The van der Waals surface area contributed by atoms with E-state index in [4.69, 9.17) is 4.74 Å². The van der Waals surface area contributed by atoms with Gasteiger partial charge in [0.05, 0.1) is 0 Å². The molecule has 18 heavy (non-hydrogen) atoms. The lowest BCUT2D eigenvalue weighted by Gasteiger charge is -2.19. The van der Waals surface area contributed by atoms with Gasteiger partial charge in [0, 0.05) is 6.08 Å². The molecule has 2 aliphatic rings. The van der Waals surface area contributed by atoms with E-state index in [9.17, 15) is 9.59 Å². The van der Waals surface area contributed by atoms with Gasteiger partial charge in [-0.25, -0.2) is 0 Å². The number of ether oxygens (including phenoxy) is 1. The van der Waals surface area contributed by atoms with Crippen LogP contribution in [-0.4, -0.2) is 11.8 Å². The maximum atomic E-state index is 11.8. The molecule has 0 N–H and O–H groups in total. The second-order valence-corrected chi connectivity index (χ2v) is 3.87. The van der Waals surface area contributed by atoms with Crippen molar-refractivity contribution in [2.45, 2.75) is 13.8 Å². The maximum absolute atomic E-state index is 11.8. The van der Waals surface area contributed by atoms with Gasteiger partial charge in [-0.3, -0.25) is 9.59 Å². The van der Waals surface area contributed by atoms with E-state index in [1.165, 1.54) is 6.08 Å². The number of allylic oxidation sites excluding steroid dienone is 7. The fourth-order valence-electron chi connectivity index (χ4n) is 1.84. The van der Waals surface area contributed by atoms with Gasteiger partial charge >= 0.3 is 5.97 Å². The van der Waals surface area contributed by atoms with E-state index in [0.717, 1.165) is 11.1 Å². The molecule has 1 atom stereocenters. The van der Waals surface area contributed by atoms with Gasteiger partial charge in [-0.05, 0) is 25.0 Å². The Hall–Kier alpha value is -2.16. The topological polar surface area (TPSA) is 43.4 Å². The van der Waals surface area contributed by atoms with Crippen LogP contribution in [0.4, 0.5) is 0 Å². The number of carbonyl (C=O) groups excluding carboxylic acids is 2. The predicted octanol–water partition coefficient (Wildman–Crippen LogP) is 2.88. The molecule has 2 rings (SSSR count). The highest BCUT2D eigenvalue weighted by atomic mass is 16.5. The highest BCUT2D eigenvalue weighted by Crippen LogP contribution is 2.26. The van der Waals surface area contributed by atoms with Crippen LogP contribution in [0.2, 0.25) is 0 Å². The van der Waals surface area contributed by atoms with Gasteiger partial charge in [-0.1, -0.05) is 24.3 Å². The Morgan fingerprint density at radius 3 is 2.28 bits per heavy atom. The van der Waals surface area contributed by atoms with Crippen LogP contribution < -0.4 is 0 Å². The van der Waals surface area contributed by atoms with Crippen molar-refractivity contribution >= 4 is 11.8 Å². The molecular weight excluding hydrogens is 228 g/mol. The Morgan fingerprint density at radius 1 is 1.22 bits per heavy atom. The van der Waals surface area contributed by atoms with Crippen LogP contribution in [0.3, 0.4) is 0 Å². The first-order chi connectivity index (χ1) is 8.59. The second-order valence-electron chi connectivity index (χ2n) is 3.87. The third-order valence-electron chi connectivity index (χ3n) is 2.68. The summed E-state index contributed by atoms with van der Waals surface area (Å²) in [5.41, 5.74) is 1.65. The summed E-state index contributed by atoms with van der Waals surface area (Å²) in [7, 11) is 0. The first-order valence-electron chi connectivity index (χ1n) is 5.59. The standard InChI is InChI=1S/C13H12O3.C2H4/c1-8-7-11(14)12(13(15)16-8)9(2)10-5-3-4-6-10;1-2/h3-7,12H,1-2H3;1-2H2. The summed E-state index contributed by atoms with van der Waals surface area (Å²) in [4.78, 5) is 23.4. The van der Waals surface area contributed by atoms with Crippen molar-refractivity contribution in [1.82, 2.24) is 0 Å². The maximum Gasteiger partial charge on any atom is 0.326 e. The summed E-state index contributed by atoms with van der Waals surface area (Å²) in [6, 6.07) is 0. The van der Waals surface area contributed by atoms with Crippen LogP contribution in [0.5, 0.6) is 0 Å². The molecule has 1 heterocycles. The van der Waals surface area contributed by atoms with Crippen LogP contribution in [0.15, 0.2) is 60.4 Å². The van der Waals surface area contributed by atoms with Crippen LogP contribution in [0.25, 0.3) is 0 Å². The van der Waals surface area contributed by atoms with Crippen molar-refractivity contribution in [1.29, 1.82) is 0 Å². The molecule has 0 aromatic rings. The normalized spacial score (nSPS) is 21.1. The molecule has 3 heteroatoms. The highest BCUT2D eigenvalue weighted by Gasteiger charge is 2.33. The minimum Gasteiger partial charge on any atom is -0.430 e. The molecule has 1 aliphatic heterocycles. The summed E-state index contributed by atoms with van der Waals surface area (Å²) in [6.07, 6.45) is 8.87. The van der Waals surface area contributed by atoms with Crippen molar-refractivity contribution in [3.05, 3.63) is 60.4 Å². The molecule has 0 aromatic carbocycles. The van der Waals surface area contributed by atoms with Gasteiger partial charge in [0.1, 0.15) is 11.7 Å². The van der Waals surface area contributed by atoms with Gasteiger partial charge in [0.15, 0.2) is 5.78 Å². The van der Waals surface area contributed by atoms with E-state index in [-0.39, 0.29) is 5.78 Å². The van der Waals surface area contributed by atoms with Gasteiger partial charge in [-0.15, -0.1) is 13.2 Å². The Labute approximate surface area is 107 Å². The third kappa shape index (κ3) is 2.74. The summed E-state index contributed by atoms with van der Waals surface area (Å²) in [5, 5.41) is 0. The number of rotatable bonds is 1. The van der Waals surface area contributed by atoms with Gasteiger partial charge in [0.25, 0.3) is 0 Å². The first kappa shape index (κ1) is 13.9. The molecule has 1 aliphatic carbocycles. The number of esters is 1. The number of hydrogen-bond donors (Lipinski definition) is 0. The van der Waals surface area contributed by atoms with Crippen LogP contribution >= 0.6 is 0 Å². The Bertz CT molecular complexity index is 476. The Morgan fingerprint density at radius 2 is 1.78 bits per heavy atom. The molecule has 0 radical (unpaired) electrons. The zero-order chi connectivity index (χ0) is 13.7. The SMILES string of the molecule is C=C.CC1=CC(=O)C(C(C)=C2C=CC=C2)C(=O)O1. The fourth-order valence-corrected chi connectivity index (χ4v) is 1.84. The minimum atomic E-state index is -0.786. The minimum absolute atomic E-state index is 0.201. The van der Waals surface area contributed by atoms with Crippen molar-refractivity contribution in [2.75, 3.05) is 0 Å². The second kappa shape index (κ2) is 5.96. The average molecular weight is 244 g/mol. The first-order valence-corrected chi connectivity index (χ1v) is 5.59. The van der Waals surface area contributed by atoms with Gasteiger partial charge < -0.3 is 4.74 Å². The predicted molar refractivity (Wildman–Crippen MR) is 70.6 cm³/mol. The number of ketones is 1. The lowest BCUT2D eigenvalue weighted by Crippen LogP contribution is -2.30. The summed E-state index contributed by atoms with van der Waals surface area (Å²) < 4.78 is 4.97. The summed E-state index contributed by atoms with van der Waals surface area (Å²) in [6.45, 7) is 9.39. The van der Waals surface area contributed by atoms with E-state index in [1.54, 1.807) is 13.8 Å². The van der Waals surface area contributed by atoms with E-state index >= 15 is 0 Å². The van der Waals surface area contributed by atoms with Crippen molar-refractivity contribution in [3.8, 4) is 0 Å². The summed E-state index contributed by atoms with van der Waals surface area (Å²) >= 11 is 0. The van der Waals surface area contributed by atoms with Crippen LogP contribution in [-0.2, 0) is 14.3 Å². The molecule has 3 nitrogen and oxygen atoms in total. The number of cyclic esters (lactones) is 1. The lowest BCUT2D eigenvalue weighted by atomic mass is 9.90. The van der Waals surface area contributed by atoms with Crippen molar-refractivity contribution < 1.29 is 14.3 Å². The Balaban J connectivity index is 0.000000771. The van der Waals surface area contributed by atoms with E-state index in [2.05, 4.69) is 13.2 Å². The molecular formula is C15H16O3. The molecule has 0 amide bonds. The monoisotopic (exact) mass is 244 g/mol. The van der Waals surface area contributed by atoms with E-state index in [0.29, 0.717) is 5.76 Å². The molecule has 94 valence electrons. The lowest BCUT2D eigenvalue weighted by molar-refractivity contribution is -0.147. The van der Waals surface area contributed by atoms with Crippen molar-refractivity contribution in [3.63, 3.8) is 0 Å². The fraction of sp³-hybridized carbons (Fsp3) is 0.200. The number of carbonyl (C=O) groups is 2. The molecule has 0 spiro atoms. The average Bonchev–Trinajstić information content (AvgIpc) is 2.83. The third-order valence-corrected chi connectivity index (χ3v) is 2.68. The van der Waals surface area contributed by atoms with Gasteiger partial charge in [-0.2, -0.15) is 0 Å². The zero-order valence-corrected chi connectivity index (χ0v) is 10.6. The van der Waals surface area contributed by atoms with E-state index < -0.39 is 11.9 Å². The molecule has 0 saturated heterocycles. The molecule has 0 aromatic heterocycles. The molecule has 0 fully saturated rings. The number of hydrogen-bond acceptors (Lipinski definition) is 3. The quantitative estimate of drug-likeness (QED) is 0.404. The van der Waals surface area contributed by atoms with Gasteiger partial charge in [0.2, 0.25) is 0 Å². The largest absolute Gasteiger partial charge is 0.430 e.